The molecule has 1 rings (SSSR count). The molecule has 0 bridgehead atoms. The summed E-state index contributed by atoms with van der Waals surface area (Å²) in [6.07, 6.45) is 2.86. The molecule has 84 valence electrons. The van der Waals surface area contributed by atoms with Crippen molar-refractivity contribution in [1.29, 1.82) is 0 Å². The van der Waals surface area contributed by atoms with E-state index in [2.05, 4.69) is 47.0 Å². The Balaban J connectivity index is 2.48. The summed E-state index contributed by atoms with van der Waals surface area (Å²) in [6.45, 7) is 7.62. The van der Waals surface area contributed by atoms with Crippen molar-refractivity contribution in [2.75, 3.05) is 11.9 Å². The minimum absolute atomic E-state index is 0.351. The second-order valence-corrected chi connectivity index (χ2v) is 5.95. The van der Waals surface area contributed by atoms with Gasteiger partial charge in [-0.1, -0.05) is 32.4 Å². The molecule has 0 fully saturated rings. The van der Waals surface area contributed by atoms with Gasteiger partial charge < -0.3 is 5.32 Å². The zero-order valence-electron chi connectivity index (χ0n) is 9.27. The lowest BCUT2D eigenvalue weighted by Gasteiger charge is -2.18. The molecule has 1 N–H and O–H groups in total. The molecule has 0 aromatic carbocycles. The van der Waals surface area contributed by atoms with Crippen LogP contribution in [0.4, 0.5) is 5.69 Å². The third-order valence-electron chi connectivity index (χ3n) is 2.00. The van der Waals surface area contributed by atoms with Crippen LogP contribution in [0.1, 0.15) is 27.2 Å². The van der Waals surface area contributed by atoms with Gasteiger partial charge in [-0.2, -0.15) is 0 Å². The molecule has 1 aromatic rings. The van der Waals surface area contributed by atoms with E-state index in [0.29, 0.717) is 10.6 Å². The SMILES string of the molecule is CC(C)(C)CCNc1cnc(Cl)c(Br)c1. The van der Waals surface area contributed by atoms with Gasteiger partial charge in [0.15, 0.2) is 0 Å². The average molecular weight is 292 g/mol. The number of nitrogens with zero attached hydrogens (tertiary/aromatic N) is 1. The van der Waals surface area contributed by atoms with Gasteiger partial charge in [0.1, 0.15) is 5.15 Å². The Morgan fingerprint density at radius 3 is 2.67 bits per heavy atom. The standard InChI is InChI=1S/C11H16BrClN2/c1-11(2,3)4-5-14-8-6-9(12)10(13)15-7-8/h6-7,14H,4-5H2,1-3H3. The third kappa shape index (κ3) is 4.85. The van der Waals surface area contributed by atoms with E-state index >= 15 is 0 Å². The lowest BCUT2D eigenvalue weighted by molar-refractivity contribution is 0.390. The molecule has 4 heteroatoms. The molecule has 0 unspecified atom stereocenters. The topological polar surface area (TPSA) is 24.9 Å². The predicted octanol–water partition coefficient (Wildman–Crippen LogP) is 4.35. The van der Waals surface area contributed by atoms with Crippen LogP contribution in [0.2, 0.25) is 5.15 Å². The van der Waals surface area contributed by atoms with Crippen molar-refractivity contribution in [3.05, 3.63) is 21.9 Å². The fraction of sp³-hybridized carbons (Fsp3) is 0.545. The first-order valence-corrected chi connectivity index (χ1v) is 6.10. The Bertz CT molecular complexity index is 334. The van der Waals surface area contributed by atoms with Crippen LogP contribution in [-0.4, -0.2) is 11.5 Å². The highest BCUT2D eigenvalue weighted by Gasteiger charge is 2.09. The van der Waals surface area contributed by atoms with Crippen molar-refractivity contribution in [3.63, 3.8) is 0 Å². The predicted molar refractivity (Wildman–Crippen MR) is 69.5 cm³/mol. The Kier molecular flexibility index (Phi) is 4.41. The number of pyridine rings is 1. The van der Waals surface area contributed by atoms with E-state index in [1.165, 1.54) is 0 Å². The summed E-state index contributed by atoms with van der Waals surface area (Å²) in [5.41, 5.74) is 1.35. The number of nitrogens with one attached hydrogen (secondary N) is 1. The number of hydrogen-bond acceptors (Lipinski definition) is 2. The van der Waals surface area contributed by atoms with Gasteiger partial charge >= 0.3 is 0 Å². The molecule has 15 heavy (non-hydrogen) atoms. The zero-order valence-corrected chi connectivity index (χ0v) is 11.6. The smallest absolute Gasteiger partial charge is 0.143 e. The molecule has 0 aliphatic heterocycles. The molecule has 0 aliphatic carbocycles. The summed E-state index contributed by atoms with van der Waals surface area (Å²) in [5, 5.41) is 3.81. The van der Waals surface area contributed by atoms with Gasteiger partial charge in [-0.3, -0.25) is 0 Å². The fourth-order valence-corrected chi connectivity index (χ4v) is 1.55. The van der Waals surface area contributed by atoms with Crippen LogP contribution >= 0.6 is 27.5 Å². The molecular formula is C11H16BrClN2. The Labute approximate surface area is 105 Å². The third-order valence-corrected chi connectivity index (χ3v) is 3.13. The minimum atomic E-state index is 0.351. The summed E-state index contributed by atoms with van der Waals surface area (Å²) >= 11 is 9.14. The summed E-state index contributed by atoms with van der Waals surface area (Å²) in [5.74, 6) is 0. The van der Waals surface area contributed by atoms with Gasteiger partial charge in [-0.25, -0.2) is 4.98 Å². The first-order chi connectivity index (χ1) is 6.88. The fourth-order valence-electron chi connectivity index (χ4n) is 1.10. The zero-order chi connectivity index (χ0) is 11.5. The number of rotatable bonds is 3. The normalized spacial score (nSPS) is 11.5. The van der Waals surface area contributed by atoms with E-state index in [-0.39, 0.29) is 0 Å². The molecule has 1 aromatic heterocycles. The minimum Gasteiger partial charge on any atom is -0.384 e. The van der Waals surface area contributed by atoms with E-state index in [1.807, 2.05) is 6.07 Å². The average Bonchev–Trinajstić information content (AvgIpc) is 2.09. The van der Waals surface area contributed by atoms with Crippen molar-refractivity contribution in [2.45, 2.75) is 27.2 Å². The van der Waals surface area contributed by atoms with Crippen molar-refractivity contribution in [3.8, 4) is 0 Å². The maximum atomic E-state index is 5.80. The van der Waals surface area contributed by atoms with Crippen LogP contribution in [0.5, 0.6) is 0 Å². The lowest BCUT2D eigenvalue weighted by Crippen LogP contribution is -2.12. The Hall–Kier alpha value is -0.280. The van der Waals surface area contributed by atoms with E-state index in [1.54, 1.807) is 6.20 Å². The van der Waals surface area contributed by atoms with E-state index in [9.17, 15) is 0 Å². The highest BCUT2D eigenvalue weighted by molar-refractivity contribution is 9.10. The van der Waals surface area contributed by atoms with Gasteiger partial charge in [0, 0.05) is 6.54 Å². The van der Waals surface area contributed by atoms with Gasteiger partial charge in [0.05, 0.1) is 16.4 Å². The van der Waals surface area contributed by atoms with Gasteiger partial charge in [-0.05, 0) is 33.8 Å². The molecule has 0 aliphatic rings. The highest BCUT2D eigenvalue weighted by atomic mass is 79.9. The lowest BCUT2D eigenvalue weighted by atomic mass is 9.92. The number of anilines is 1. The first kappa shape index (κ1) is 12.8. The van der Waals surface area contributed by atoms with Crippen molar-refractivity contribution >= 4 is 33.2 Å². The quantitative estimate of drug-likeness (QED) is 0.838. The molecule has 0 spiro atoms. The second-order valence-electron chi connectivity index (χ2n) is 4.73. The largest absolute Gasteiger partial charge is 0.384 e. The van der Waals surface area contributed by atoms with Crippen molar-refractivity contribution in [1.82, 2.24) is 4.98 Å². The van der Waals surface area contributed by atoms with Gasteiger partial charge in [-0.15, -0.1) is 0 Å². The van der Waals surface area contributed by atoms with E-state index in [4.69, 9.17) is 11.6 Å². The molecule has 2 nitrogen and oxygen atoms in total. The number of halogens is 2. The summed E-state index contributed by atoms with van der Waals surface area (Å²) in [4.78, 5) is 4.05. The number of aromatic nitrogens is 1. The molecule has 0 saturated heterocycles. The monoisotopic (exact) mass is 290 g/mol. The van der Waals surface area contributed by atoms with Crippen LogP contribution in [-0.2, 0) is 0 Å². The summed E-state index contributed by atoms with van der Waals surface area (Å²) in [6, 6.07) is 1.94. The van der Waals surface area contributed by atoms with E-state index in [0.717, 1.165) is 23.1 Å². The molecular weight excluding hydrogens is 275 g/mol. The van der Waals surface area contributed by atoms with Crippen LogP contribution in [0.15, 0.2) is 16.7 Å². The number of hydrogen-bond donors (Lipinski definition) is 1. The molecule has 0 amide bonds. The maximum absolute atomic E-state index is 5.80. The second kappa shape index (κ2) is 5.17. The van der Waals surface area contributed by atoms with Crippen LogP contribution < -0.4 is 5.32 Å². The van der Waals surface area contributed by atoms with E-state index < -0.39 is 0 Å². The first-order valence-electron chi connectivity index (χ1n) is 4.93. The molecule has 0 radical (unpaired) electrons. The van der Waals surface area contributed by atoms with Crippen LogP contribution in [0.25, 0.3) is 0 Å². The van der Waals surface area contributed by atoms with Crippen molar-refractivity contribution < 1.29 is 0 Å². The molecule has 1 heterocycles. The summed E-state index contributed by atoms with van der Waals surface area (Å²) < 4.78 is 0.824. The summed E-state index contributed by atoms with van der Waals surface area (Å²) in [7, 11) is 0. The highest BCUT2D eigenvalue weighted by Crippen LogP contribution is 2.23. The van der Waals surface area contributed by atoms with Gasteiger partial charge in [0.2, 0.25) is 0 Å². The Morgan fingerprint density at radius 1 is 1.47 bits per heavy atom. The van der Waals surface area contributed by atoms with Crippen molar-refractivity contribution in [2.24, 2.45) is 5.41 Å². The molecule has 0 atom stereocenters. The van der Waals surface area contributed by atoms with Crippen LogP contribution in [0, 0.1) is 5.41 Å². The van der Waals surface area contributed by atoms with Crippen LogP contribution in [0.3, 0.4) is 0 Å². The molecule has 0 saturated carbocycles. The Morgan fingerprint density at radius 2 is 2.13 bits per heavy atom. The maximum Gasteiger partial charge on any atom is 0.143 e. The van der Waals surface area contributed by atoms with Gasteiger partial charge in [0.25, 0.3) is 0 Å².